The van der Waals surface area contributed by atoms with Crippen LogP contribution >= 0.6 is 0 Å². The number of hydrogen-bond donors (Lipinski definition) is 2. The van der Waals surface area contributed by atoms with Crippen molar-refractivity contribution in [3.63, 3.8) is 0 Å². The molecule has 0 unspecified atom stereocenters. The first-order chi connectivity index (χ1) is 14.3. The molecule has 30 heavy (non-hydrogen) atoms. The van der Waals surface area contributed by atoms with Gasteiger partial charge >= 0.3 is 12.0 Å². The molecule has 0 saturated heterocycles. The summed E-state index contributed by atoms with van der Waals surface area (Å²) in [5.41, 5.74) is 3.51. The lowest BCUT2D eigenvalue weighted by atomic mass is 10.1. The first kappa shape index (κ1) is 22.7. The zero-order valence-corrected chi connectivity index (χ0v) is 17.5. The van der Waals surface area contributed by atoms with Crippen molar-refractivity contribution in [2.75, 3.05) is 26.1 Å². The Hall–Kier alpha value is -3.55. The summed E-state index contributed by atoms with van der Waals surface area (Å²) in [6, 6.07) is 10.0. The zero-order chi connectivity index (χ0) is 22.1. The van der Waals surface area contributed by atoms with Gasteiger partial charge in [-0.25, -0.2) is 4.79 Å². The number of amides is 3. The van der Waals surface area contributed by atoms with Gasteiger partial charge in [-0.1, -0.05) is 6.07 Å². The van der Waals surface area contributed by atoms with Crippen molar-refractivity contribution in [2.45, 2.75) is 26.7 Å². The van der Waals surface area contributed by atoms with E-state index in [0.29, 0.717) is 23.6 Å². The Kier molecular flexibility index (Phi) is 8.22. The van der Waals surface area contributed by atoms with E-state index < -0.39 is 24.5 Å². The van der Waals surface area contributed by atoms with E-state index >= 15 is 0 Å². The Labute approximate surface area is 175 Å². The van der Waals surface area contributed by atoms with Crippen molar-refractivity contribution in [1.29, 1.82) is 0 Å². The molecule has 0 aliphatic rings. The summed E-state index contributed by atoms with van der Waals surface area (Å²) in [7, 11) is 3.09. The maximum absolute atomic E-state index is 11.9. The molecule has 2 N–H and O–H groups in total. The summed E-state index contributed by atoms with van der Waals surface area (Å²) in [6.07, 6.45) is 0.458. The Balaban J connectivity index is 1.75. The summed E-state index contributed by atoms with van der Waals surface area (Å²) >= 11 is 0. The Morgan fingerprint density at radius 3 is 2.17 bits per heavy atom. The van der Waals surface area contributed by atoms with E-state index in [1.165, 1.54) is 0 Å². The minimum Gasteiger partial charge on any atom is -0.497 e. The lowest BCUT2D eigenvalue weighted by Crippen LogP contribution is -2.37. The topological polar surface area (TPSA) is 103 Å². The number of carbonyl (C=O) groups excluding carboxylic acids is 3. The number of nitrogens with one attached hydrogen (secondary N) is 2. The lowest BCUT2D eigenvalue weighted by molar-refractivity contribution is -0.148. The van der Waals surface area contributed by atoms with Crippen molar-refractivity contribution in [3.8, 4) is 11.5 Å². The van der Waals surface area contributed by atoms with Gasteiger partial charge in [0, 0.05) is 18.2 Å². The number of carbonyl (C=O) groups is 3. The number of esters is 1. The second kappa shape index (κ2) is 10.8. The number of rotatable bonds is 8. The minimum absolute atomic E-state index is 0.0679. The van der Waals surface area contributed by atoms with E-state index in [0.717, 1.165) is 16.7 Å². The second-order valence-electron chi connectivity index (χ2n) is 6.68. The van der Waals surface area contributed by atoms with Gasteiger partial charge in [-0.05, 0) is 61.2 Å². The molecule has 0 fully saturated rings. The number of anilines is 1. The standard InChI is InChI=1S/C22H26N2O6/c1-14-5-7-17(9-15(14)2)23-22(27)24-20(25)13-30-21(26)8-6-16-10-18(28-3)12-19(11-16)29-4/h5,7,9-12H,6,8,13H2,1-4H3,(H2,23,24,25,27). The smallest absolute Gasteiger partial charge is 0.325 e. The monoisotopic (exact) mass is 414 g/mol. The van der Waals surface area contributed by atoms with Crippen LogP contribution in [0, 0.1) is 13.8 Å². The van der Waals surface area contributed by atoms with Gasteiger partial charge in [0.15, 0.2) is 6.61 Å². The van der Waals surface area contributed by atoms with Crippen molar-refractivity contribution in [1.82, 2.24) is 5.32 Å². The Morgan fingerprint density at radius 2 is 1.57 bits per heavy atom. The molecule has 0 aromatic heterocycles. The first-order valence-electron chi connectivity index (χ1n) is 9.36. The third kappa shape index (κ3) is 7.12. The number of benzene rings is 2. The third-order valence-electron chi connectivity index (χ3n) is 4.41. The molecule has 0 aliphatic carbocycles. The summed E-state index contributed by atoms with van der Waals surface area (Å²) in [4.78, 5) is 35.6. The van der Waals surface area contributed by atoms with Crippen LogP contribution in [-0.2, 0) is 20.7 Å². The van der Waals surface area contributed by atoms with Crippen LogP contribution in [0.15, 0.2) is 36.4 Å². The molecule has 0 radical (unpaired) electrons. The molecule has 2 rings (SSSR count). The van der Waals surface area contributed by atoms with Crippen LogP contribution in [0.3, 0.4) is 0 Å². The molecule has 0 heterocycles. The molecule has 2 aromatic carbocycles. The fourth-order valence-corrected chi connectivity index (χ4v) is 2.62. The molecule has 0 saturated carbocycles. The SMILES string of the molecule is COc1cc(CCC(=O)OCC(=O)NC(=O)Nc2ccc(C)c(C)c2)cc(OC)c1. The van der Waals surface area contributed by atoms with E-state index in [1.54, 1.807) is 44.6 Å². The van der Waals surface area contributed by atoms with Gasteiger partial charge in [0.25, 0.3) is 5.91 Å². The largest absolute Gasteiger partial charge is 0.497 e. The van der Waals surface area contributed by atoms with Crippen LogP contribution in [0.4, 0.5) is 10.5 Å². The highest BCUT2D eigenvalue weighted by Crippen LogP contribution is 2.23. The van der Waals surface area contributed by atoms with Gasteiger partial charge in [0.05, 0.1) is 14.2 Å². The van der Waals surface area contributed by atoms with Crippen LogP contribution in [0.2, 0.25) is 0 Å². The maximum Gasteiger partial charge on any atom is 0.325 e. The van der Waals surface area contributed by atoms with Crippen molar-refractivity contribution < 1.29 is 28.6 Å². The predicted octanol–water partition coefficient (Wildman–Crippen LogP) is 3.14. The quantitative estimate of drug-likeness (QED) is 0.644. The van der Waals surface area contributed by atoms with Gasteiger partial charge in [0.1, 0.15) is 11.5 Å². The predicted molar refractivity (Wildman–Crippen MR) is 112 cm³/mol. The fourth-order valence-electron chi connectivity index (χ4n) is 2.62. The second-order valence-corrected chi connectivity index (χ2v) is 6.68. The molecule has 8 nitrogen and oxygen atoms in total. The third-order valence-corrected chi connectivity index (χ3v) is 4.41. The molecule has 3 amide bonds. The van der Waals surface area contributed by atoms with Gasteiger partial charge in [-0.2, -0.15) is 0 Å². The lowest BCUT2D eigenvalue weighted by Gasteiger charge is -2.10. The van der Waals surface area contributed by atoms with E-state index in [4.69, 9.17) is 14.2 Å². The summed E-state index contributed by atoms with van der Waals surface area (Å²) < 4.78 is 15.3. The van der Waals surface area contributed by atoms with Gasteiger partial charge in [-0.3, -0.25) is 14.9 Å². The van der Waals surface area contributed by atoms with E-state index in [1.807, 2.05) is 19.9 Å². The maximum atomic E-state index is 11.9. The molecule has 0 atom stereocenters. The normalized spacial score (nSPS) is 10.1. The zero-order valence-electron chi connectivity index (χ0n) is 17.5. The van der Waals surface area contributed by atoms with Gasteiger partial charge < -0.3 is 19.5 Å². The number of aryl methyl sites for hydroxylation is 3. The number of hydrogen-bond acceptors (Lipinski definition) is 6. The van der Waals surface area contributed by atoms with Gasteiger partial charge in [0.2, 0.25) is 0 Å². The molecule has 8 heteroatoms. The molecular formula is C22H26N2O6. The average Bonchev–Trinajstić information content (AvgIpc) is 2.72. The van der Waals surface area contributed by atoms with Crippen molar-refractivity contribution in [3.05, 3.63) is 53.1 Å². The van der Waals surface area contributed by atoms with Crippen LogP contribution in [-0.4, -0.2) is 38.7 Å². The average molecular weight is 414 g/mol. The van der Waals surface area contributed by atoms with Crippen LogP contribution in [0.5, 0.6) is 11.5 Å². The molecule has 0 aliphatic heterocycles. The number of urea groups is 1. The van der Waals surface area contributed by atoms with Crippen molar-refractivity contribution >= 4 is 23.6 Å². The number of imide groups is 1. The Bertz CT molecular complexity index is 904. The molecule has 2 aromatic rings. The summed E-state index contributed by atoms with van der Waals surface area (Å²) in [6.45, 7) is 3.34. The van der Waals surface area contributed by atoms with Crippen LogP contribution in [0.1, 0.15) is 23.1 Å². The highest BCUT2D eigenvalue weighted by Gasteiger charge is 2.12. The van der Waals surface area contributed by atoms with Crippen LogP contribution < -0.4 is 20.1 Å². The highest BCUT2D eigenvalue weighted by atomic mass is 16.5. The van der Waals surface area contributed by atoms with Gasteiger partial charge in [-0.15, -0.1) is 0 Å². The summed E-state index contributed by atoms with van der Waals surface area (Å²) in [5.74, 6) is -0.0343. The molecule has 160 valence electrons. The molecule has 0 spiro atoms. The van der Waals surface area contributed by atoms with E-state index in [-0.39, 0.29) is 6.42 Å². The first-order valence-corrected chi connectivity index (χ1v) is 9.36. The van der Waals surface area contributed by atoms with Crippen molar-refractivity contribution in [2.24, 2.45) is 0 Å². The van der Waals surface area contributed by atoms with E-state index in [2.05, 4.69) is 10.6 Å². The number of methoxy groups -OCH3 is 2. The van der Waals surface area contributed by atoms with E-state index in [9.17, 15) is 14.4 Å². The number of ether oxygens (including phenoxy) is 3. The summed E-state index contributed by atoms with van der Waals surface area (Å²) in [5, 5.41) is 4.68. The minimum atomic E-state index is -0.715. The molecular weight excluding hydrogens is 388 g/mol. The van der Waals surface area contributed by atoms with Crippen LogP contribution in [0.25, 0.3) is 0 Å². The highest BCUT2D eigenvalue weighted by molar-refractivity contribution is 6.01. The molecule has 0 bridgehead atoms. The Morgan fingerprint density at radius 1 is 0.900 bits per heavy atom. The fraction of sp³-hybridized carbons (Fsp3) is 0.318.